The van der Waals surface area contributed by atoms with Crippen molar-refractivity contribution in [3.05, 3.63) is 52.8 Å². The van der Waals surface area contributed by atoms with Gasteiger partial charge in [-0.25, -0.2) is 17.5 Å². The van der Waals surface area contributed by atoms with Crippen molar-refractivity contribution in [2.24, 2.45) is 0 Å². The number of sulfonamides is 1. The summed E-state index contributed by atoms with van der Waals surface area (Å²) >= 11 is 5.77. The lowest BCUT2D eigenvalue weighted by atomic mass is 10.2. The maximum atomic E-state index is 13.6. The third-order valence-corrected chi connectivity index (χ3v) is 4.75. The molecule has 3 rings (SSSR count). The van der Waals surface area contributed by atoms with Crippen LogP contribution in [0.3, 0.4) is 0 Å². The van der Waals surface area contributed by atoms with Crippen molar-refractivity contribution in [2.75, 3.05) is 6.79 Å². The summed E-state index contributed by atoms with van der Waals surface area (Å²) in [5.74, 6) is 0.314. The summed E-state index contributed by atoms with van der Waals surface area (Å²) in [7, 11) is -3.80. The predicted molar refractivity (Wildman–Crippen MR) is 78.0 cm³/mol. The summed E-state index contributed by atoms with van der Waals surface area (Å²) in [4.78, 5) is 0.0131. The number of nitrogens with one attached hydrogen (secondary N) is 1. The van der Waals surface area contributed by atoms with Crippen LogP contribution in [0.4, 0.5) is 4.39 Å². The summed E-state index contributed by atoms with van der Waals surface area (Å²) in [6, 6.07) is 8.22. The van der Waals surface area contributed by atoms with Gasteiger partial charge in [0.05, 0.1) is 4.90 Å². The van der Waals surface area contributed by atoms with E-state index in [1.165, 1.54) is 36.4 Å². The Morgan fingerprint density at radius 3 is 2.73 bits per heavy atom. The largest absolute Gasteiger partial charge is 0.454 e. The van der Waals surface area contributed by atoms with Gasteiger partial charge in [0.15, 0.2) is 11.5 Å². The van der Waals surface area contributed by atoms with E-state index in [2.05, 4.69) is 4.72 Å². The molecule has 0 aromatic heterocycles. The zero-order chi connectivity index (χ0) is 15.7. The fraction of sp³-hybridized carbons (Fsp3) is 0.143. The Balaban J connectivity index is 1.80. The molecule has 22 heavy (non-hydrogen) atoms. The van der Waals surface area contributed by atoms with Gasteiger partial charge in [-0.2, -0.15) is 0 Å². The van der Waals surface area contributed by atoms with Crippen LogP contribution < -0.4 is 14.2 Å². The van der Waals surface area contributed by atoms with Crippen LogP contribution in [0.2, 0.25) is 5.02 Å². The van der Waals surface area contributed by atoms with Gasteiger partial charge in [-0.05, 0) is 30.3 Å². The average molecular weight is 344 g/mol. The number of hydrogen-bond acceptors (Lipinski definition) is 4. The zero-order valence-corrected chi connectivity index (χ0v) is 12.7. The molecule has 0 atom stereocenters. The van der Waals surface area contributed by atoms with Crippen LogP contribution in [-0.2, 0) is 16.6 Å². The summed E-state index contributed by atoms with van der Waals surface area (Å²) < 4.78 is 50.7. The van der Waals surface area contributed by atoms with Crippen LogP contribution in [0.15, 0.2) is 41.3 Å². The van der Waals surface area contributed by atoms with E-state index < -0.39 is 15.8 Å². The minimum atomic E-state index is -3.80. The molecule has 0 amide bonds. The number of hydrogen-bond donors (Lipinski definition) is 1. The van der Waals surface area contributed by atoms with Crippen molar-refractivity contribution in [3.63, 3.8) is 0 Å². The molecule has 0 saturated carbocycles. The summed E-state index contributed by atoms with van der Waals surface area (Å²) in [6.45, 7) is -0.150. The molecule has 116 valence electrons. The molecule has 1 aliphatic rings. The molecule has 2 aromatic rings. The van der Waals surface area contributed by atoms with Gasteiger partial charge < -0.3 is 9.47 Å². The lowest BCUT2D eigenvalue weighted by Gasteiger charge is -2.08. The van der Waals surface area contributed by atoms with E-state index in [1.807, 2.05) is 0 Å². The smallest absolute Gasteiger partial charge is 0.241 e. The maximum absolute atomic E-state index is 13.6. The van der Waals surface area contributed by atoms with E-state index in [1.54, 1.807) is 0 Å². The first-order valence-corrected chi connectivity index (χ1v) is 8.15. The lowest BCUT2D eigenvalue weighted by Crippen LogP contribution is -2.23. The van der Waals surface area contributed by atoms with E-state index in [-0.39, 0.29) is 23.8 Å². The van der Waals surface area contributed by atoms with E-state index >= 15 is 0 Å². The second-order valence-corrected chi connectivity index (χ2v) is 6.78. The topological polar surface area (TPSA) is 64.6 Å². The Morgan fingerprint density at radius 1 is 1.14 bits per heavy atom. The standard InChI is InChI=1S/C14H11ClFNO4S/c15-10-1-3-12(16)9(5-10)7-17-22(18,19)11-2-4-13-14(6-11)21-8-20-13/h1-6,17H,7-8H2. The van der Waals surface area contributed by atoms with Crippen LogP contribution in [0, 0.1) is 5.82 Å². The van der Waals surface area contributed by atoms with Gasteiger partial charge >= 0.3 is 0 Å². The van der Waals surface area contributed by atoms with Crippen molar-refractivity contribution in [3.8, 4) is 11.5 Å². The molecular weight excluding hydrogens is 333 g/mol. The molecule has 0 spiro atoms. The molecule has 0 saturated heterocycles. The monoisotopic (exact) mass is 343 g/mol. The molecule has 8 heteroatoms. The van der Waals surface area contributed by atoms with Crippen LogP contribution >= 0.6 is 11.6 Å². The van der Waals surface area contributed by atoms with Gasteiger partial charge in [0.2, 0.25) is 16.8 Å². The number of benzene rings is 2. The van der Waals surface area contributed by atoms with E-state index in [9.17, 15) is 12.8 Å². The molecule has 0 aliphatic carbocycles. The summed E-state index contributed by atoms with van der Waals surface area (Å²) in [5, 5.41) is 0.332. The van der Waals surface area contributed by atoms with Crippen molar-refractivity contribution >= 4 is 21.6 Å². The number of ether oxygens (including phenoxy) is 2. The van der Waals surface area contributed by atoms with E-state index in [0.29, 0.717) is 16.5 Å². The highest BCUT2D eigenvalue weighted by Gasteiger charge is 2.20. The lowest BCUT2D eigenvalue weighted by molar-refractivity contribution is 0.174. The molecule has 1 N–H and O–H groups in total. The molecule has 0 unspecified atom stereocenters. The Morgan fingerprint density at radius 2 is 1.91 bits per heavy atom. The number of halogens is 2. The zero-order valence-electron chi connectivity index (χ0n) is 11.2. The predicted octanol–water partition coefficient (Wildman–Crippen LogP) is 2.69. The van der Waals surface area contributed by atoms with Crippen LogP contribution in [-0.4, -0.2) is 15.2 Å². The quantitative estimate of drug-likeness (QED) is 0.927. The van der Waals surface area contributed by atoms with Gasteiger partial charge in [-0.3, -0.25) is 0 Å². The minimum absolute atomic E-state index is 0.0131. The van der Waals surface area contributed by atoms with Gasteiger partial charge in [-0.15, -0.1) is 0 Å². The maximum Gasteiger partial charge on any atom is 0.241 e. The number of fused-ring (bicyclic) bond motifs is 1. The number of rotatable bonds is 4. The highest BCUT2D eigenvalue weighted by atomic mass is 35.5. The van der Waals surface area contributed by atoms with E-state index in [4.69, 9.17) is 21.1 Å². The Hall–Kier alpha value is -1.83. The van der Waals surface area contributed by atoms with E-state index in [0.717, 1.165) is 0 Å². The molecule has 1 aliphatic heterocycles. The van der Waals surface area contributed by atoms with Crippen molar-refractivity contribution < 1.29 is 22.3 Å². The Labute approximate surface area is 131 Å². The highest BCUT2D eigenvalue weighted by molar-refractivity contribution is 7.89. The SMILES string of the molecule is O=S(=O)(NCc1cc(Cl)ccc1F)c1ccc2c(c1)OCO2. The van der Waals surface area contributed by atoms with Gasteiger partial charge in [0, 0.05) is 23.2 Å². The second kappa shape index (κ2) is 5.75. The Bertz CT molecular complexity index is 826. The van der Waals surface area contributed by atoms with Gasteiger partial charge in [0.25, 0.3) is 0 Å². The second-order valence-electron chi connectivity index (χ2n) is 4.58. The molecule has 0 fully saturated rings. The van der Waals surface area contributed by atoms with Crippen molar-refractivity contribution in [1.29, 1.82) is 0 Å². The summed E-state index contributed by atoms with van der Waals surface area (Å²) in [6.07, 6.45) is 0. The van der Waals surface area contributed by atoms with Gasteiger partial charge in [-0.1, -0.05) is 11.6 Å². The van der Waals surface area contributed by atoms with Crippen LogP contribution in [0.25, 0.3) is 0 Å². The van der Waals surface area contributed by atoms with Crippen LogP contribution in [0.5, 0.6) is 11.5 Å². The fourth-order valence-electron chi connectivity index (χ4n) is 1.98. The molecule has 2 aromatic carbocycles. The molecular formula is C14H11ClFNO4S. The molecule has 1 heterocycles. The van der Waals surface area contributed by atoms with Crippen molar-refractivity contribution in [2.45, 2.75) is 11.4 Å². The normalized spacial score (nSPS) is 13.4. The molecule has 5 nitrogen and oxygen atoms in total. The molecule has 0 bridgehead atoms. The first kappa shape index (κ1) is 15.1. The Kier molecular flexibility index (Phi) is 3.94. The fourth-order valence-corrected chi connectivity index (χ4v) is 3.20. The van der Waals surface area contributed by atoms with Crippen molar-refractivity contribution in [1.82, 2.24) is 4.72 Å². The van der Waals surface area contributed by atoms with Crippen LogP contribution in [0.1, 0.15) is 5.56 Å². The third-order valence-electron chi connectivity index (χ3n) is 3.11. The summed E-state index contributed by atoms with van der Waals surface area (Å²) in [5.41, 5.74) is 0.164. The average Bonchev–Trinajstić information content (AvgIpc) is 2.95. The first-order valence-electron chi connectivity index (χ1n) is 6.29. The third kappa shape index (κ3) is 3.01. The molecule has 0 radical (unpaired) electrons. The minimum Gasteiger partial charge on any atom is -0.454 e. The van der Waals surface area contributed by atoms with Gasteiger partial charge in [0.1, 0.15) is 5.82 Å². The first-order chi connectivity index (χ1) is 10.5. The highest BCUT2D eigenvalue weighted by Crippen LogP contribution is 2.33.